The quantitative estimate of drug-likeness (QED) is 0.850. The molecule has 1 aliphatic heterocycles. The third kappa shape index (κ3) is 3.87. The summed E-state index contributed by atoms with van der Waals surface area (Å²) in [5.74, 6) is -0.305. The van der Waals surface area contributed by atoms with E-state index in [1.54, 1.807) is 6.92 Å². The summed E-state index contributed by atoms with van der Waals surface area (Å²) in [6.07, 6.45) is 1.30. The first-order chi connectivity index (χ1) is 10.4. The molecule has 1 aliphatic rings. The van der Waals surface area contributed by atoms with Crippen molar-refractivity contribution in [2.45, 2.75) is 51.2 Å². The van der Waals surface area contributed by atoms with E-state index in [4.69, 9.17) is 4.74 Å². The monoisotopic (exact) mass is 305 g/mol. The second kappa shape index (κ2) is 6.80. The van der Waals surface area contributed by atoms with E-state index in [0.717, 1.165) is 13.1 Å². The van der Waals surface area contributed by atoms with Crippen LogP contribution in [0.15, 0.2) is 30.3 Å². The van der Waals surface area contributed by atoms with E-state index >= 15 is 0 Å². The highest BCUT2D eigenvalue weighted by molar-refractivity contribution is 5.70. The minimum atomic E-state index is -0.921. The second-order valence-electron chi connectivity index (χ2n) is 6.62. The van der Waals surface area contributed by atoms with Gasteiger partial charge in [0.1, 0.15) is 0 Å². The van der Waals surface area contributed by atoms with Crippen molar-refractivity contribution >= 4 is 5.97 Å². The molecule has 1 saturated heterocycles. The van der Waals surface area contributed by atoms with Crippen LogP contribution in [-0.2, 0) is 15.1 Å². The van der Waals surface area contributed by atoms with Crippen LogP contribution in [0.1, 0.15) is 45.6 Å². The van der Waals surface area contributed by atoms with E-state index in [2.05, 4.69) is 43.0 Å². The summed E-state index contributed by atoms with van der Waals surface area (Å²) < 4.78 is 4.96. The molecule has 0 aliphatic carbocycles. The molecule has 4 nitrogen and oxygen atoms in total. The average molecular weight is 305 g/mol. The lowest BCUT2D eigenvalue weighted by molar-refractivity contribution is -0.151. The highest BCUT2D eigenvalue weighted by Gasteiger charge is 2.39. The summed E-state index contributed by atoms with van der Waals surface area (Å²) >= 11 is 0. The Morgan fingerprint density at radius 2 is 1.86 bits per heavy atom. The first-order valence-corrected chi connectivity index (χ1v) is 8.06. The SMILES string of the molecule is CCOC(=O)CC1(O)CCN(C(C)(C)c2ccccc2)CC1. The molecule has 0 atom stereocenters. The summed E-state index contributed by atoms with van der Waals surface area (Å²) in [6, 6.07) is 10.4. The number of aliphatic hydroxyl groups is 1. The maximum atomic E-state index is 11.6. The number of ether oxygens (including phenoxy) is 1. The summed E-state index contributed by atoms with van der Waals surface area (Å²) in [4.78, 5) is 14.0. The molecule has 1 N–H and O–H groups in total. The molecular formula is C18H27NO3. The van der Waals surface area contributed by atoms with Crippen molar-refractivity contribution in [3.63, 3.8) is 0 Å². The predicted octanol–water partition coefficient (Wildman–Crippen LogP) is 2.70. The Labute approximate surface area is 133 Å². The lowest BCUT2D eigenvalue weighted by atomic mass is 9.84. The number of rotatable bonds is 5. The molecule has 1 aromatic rings. The maximum Gasteiger partial charge on any atom is 0.308 e. The Bertz CT molecular complexity index is 490. The van der Waals surface area contributed by atoms with Crippen LogP contribution in [0.5, 0.6) is 0 Å². The van der Waals surface area contributed by atoms with Gasteiger partial charge in [0.25, 0.3) is 0 Å². The van der Waals surface area contributed by atoms with Gasteiger partial charge in [0.05, 0.1) is 18.6 Å². The van der Waals surface area contributed by atoms with Crippen LogP contribution in [0.4, 0.5) is 0 Å². The Balaban J connectivity index is 1.98. The first-order valence-electron chi connectivity index (χ1n) is 8.06. The zero-order valence-corrected chi connectivity index (χ0v) is 13.8. The van der Waals surface area contributed by atoms with Gasteiger partial charge < -0.3 is 9.84 Å². The average Bonchev–Trinajstić information content (AvgIpc) is 2.48. The summed E-state index contributed by atoms with van der Waals surface area (Å²) in [6.45, 7) is 8.11. The first kappa shape index (κ1) is 17.0. The van der Waals surface area contributed by atoms with E-state index in [1.165, 1.54) is 5.56 Å². The maximum absolute atomic E-state index is 11.6. The van der Waals surface area contributed by atoms with Gasteiger partial charge in [-0.1, -0.05) is 30.3 Å². The predicted molar refractivity (Wildman–Crippen MR) is 86.5 cm³/mol. The minimum absolute atomic E-state index is 0.0769. The molecule has 0 spiro atoms. The molecule has 1 heterocycles. The van der Waals surface area contributed by atoms with Crippen LogP contribution in [0, 0.1) is 0 Å². The molecule has 1 fully saturated rings. The van der Waals surface area contributed by atoms with Gasteiger partial charge >= 0.3 is 5.97 Å². The fourth-order valence-electron chi connectivity index (χ4n) is 3.17. The van der Waals surface area contributed by atoms with Gasteiger partial charge in [-0.2, -0.15) is 0 Å². The normalized spacial score (nSPS) is 18.9. The summed E-state index contributed by atoms with van der Waals surface area (Å²) in [5, 5.41) is 10.6. The Hall–Kier alpha value is -1.39. The molecule has 4 heteroatoms. The lowest BCUT2D eigenvalue weighted by Gasteiger charge is -2.45. The third-order valence-electron chi connectivity index (χ3n) is 4.74. The van der Waals surface area contributed by atoms with E-state index in [0.29, 0.717) is 19.4 Å². The van der Waals surface area contributed by atoms with Crippen molar-refractivity contribution in [1.29, 1.82) is 0 Å². The molecule has 0 saturated carbocycles. The highest BCUT2D eigenvalue weighted by atomic mass is 16.5. The van der Waals surface area contributed by atoms with E-state index in [1.807, 2.05) is 6.07 Å². The summed E-state index contributed by atoms with van der Waals surface area (Å²) in [7, 11) is 0. The van der Waals surface area contributed by atoms with Gasteiger partial charge in [0.2, 0.25) is 0 Å². The second-order valence-corrected chi connectivity index (χ2v) is 6.62. The molecule has 0 radical (unpaired) electrons. The van der Waals surface area contributed by atoms with Crippen molar-refractivity contribution in [2.75, 3.05) is 19.7 Å². The van der Waals surface area contributed by atoms with Crippen LogP contribution < -0.4 is 0 Å². The number of nitrogens with zero attached hydrogens (tertiary/aromatic N) is 1. The number of hydrogen-bond donors (Lipinski definition) is 1. The Morgan fingerprint density at radius 3 is 2.41 bits per heavy atom. The number of benzene rings is 1. The topological polar surface area (TPSA) is 49.8 Å². The lowest BCUT2D eigenvalue weighted by Crippen LogP contribution is -2.51. The molecule has 122 valence electrons. The van der Waals surface area contributed by atoms with Gasteiger partial charge in [0, 0.05) is 18.6 Å². The number of carbonyl (C=O) groups excluding carboxylic acids is 1. The number of esters is 1. The molecule has 0 bridgehead atoms. The zero-order valence-electron chi connectivity index (χ0n) is 13.8. The molecule has 0 aromatic heterocycles. The van der Waals surface area contributed by atoms with Crippen molar-refractivity contribution in [1.82, 2.24) is 4.90 Å². The van der Waals surface area contributed by atoms with E-state index < -0.39 is 5.60 Å². The standard InChI is InChI=1S/C18H27NO3/c1-4-22-16(20)14-18(21)10-12-19(13-11-18)17(2,3)15-8-6-5-7-9-15/h5-9,21H,4,10-14H2,1-3H3. The van der Waals surface area contributed by atoms with Crippen molar-refractivity contribution in [2.24, 2.45) is 0 Å². The third-order valence-corrected chi connectivity index (χ3v) is 4.74. The van der Waals surface area contributed by atoms with Crippen molar-refractivity contribution in [3.8, 4) is 0 Å². The van der Waals surface area contributed by atoms with Gasteiger partial charge in [0.15, 0.2) is 0 Å². The van der Waals surface area contributed by atoms with Gasteiger partial charge in [-0.3, -0.25) is 9.69 Å². The van der Waals surface area contributed by atoms with Gasteiger partial charge in [-0.25, -0.2) is 0 Å². The Morgan fingerprint density at radius 1 is 1.27 bits per heavy atom. The largest absolute Gasteiger partial charge is 0.466 e. The molecule has 0 amide bonds. The molecule has 22 heavy (non-hydrogen) atoms. The Kier molecular flexibility index (Phi) is 5.24. The number of hydrogen-bond acceptors (Lipinski definition) is 4. The van der Waals surface area contributed by atoms with Gasteiger partial charge in [-0.15, -0.1) is 0 Å². The smallest absolute Gasteiger partial charge is 0.308 e. The van der Waals surface area contributed by atoms with Crippen LogP contribution in [0.3, 0.4) is 0 Å². The fraction of sp³-hybridized carbons (Fsp3) is 0.611. The van der Waals surface area contributed by atoms with E-state index in [-0.39, 0.29) is 17.9 Å². The van der Waals surface area contributed by atoms with Gasteiger partial charge in [-0.05, 0) is 39.2 Å². The van der Waals surface area contributed by atoms with Crippen LogP contribution in [0.2, 0.25) is 0 Å². The molecular weight excluding hydrogens is 278 g/mol. The van der Waals surface area contributed by atoms with Crippen molar-refractivity contribution < 1.29 is 14.6 Å². The number of piperidine rings is 1. The summed E-state index contributed by atoms with van der Waals surface area (Å²) in [5.41, 5.74) is 0.271. The van der Waals surface area contributed by atoms with Crippen LogP contribution >= 0.6 is 0 Å². The fourth-order valence-corrected chi connectivity index (χ4v) is 3.17. The van der Waals surface area contributed by atoms with Crippen molar-refractivity contribution in [3.05, 3.63) is 35.9 Å². The van der Waals surface area contributed by atoms with Crippen LogP contribution in [0.25, 0.3) is 0 Å². The minimum Gasteiger partial charge on any atom is -0.466 e. The zero-order chi connectivity index (χ0) is 16.2. The number of carbonyl (C=O) groups is 1. The molecule has 0 unspecified atom stereocenters. The number of likely N-dealkylation sites (tertiary alicyclic amines) is 1. The van der Waals surface area contributed by atoms with Crippen LogP contribution in [-0.4, -0.2) is 41.3 Å². The van der Waals surface area contributed by atoms with E-state index in [9.17, 15) is 9.90 Å². The highest BCUT2D eigenvalue weighted by Crippen LogP contribution is 2.34. The molecule has 1 aromatic carbocycles. The molecule has 2 rings (SSSR count).